The van der Waals surface area contributed by atoms with E-state index in [1.807, 2.05) is 0 Å². The molecule has 1 nitrogen and oxygen atoms in total. The SMILES string of the molecule is c1ccc2cc(-c3c4ccccc4c(-c4ccc5cc(-c6ccc7c(ccc8c9ccc%10ccccc%10c9oc78)c6)ccc5c4)c4ccccc34)ccc2c1. The van der Waals surface area contributed by atoms with Crippen LogP contribution in [0.25, 0.3) is 120 Å². The number of hydrogen-bond donors (Lipinski definition) is 0. The zero-order chi connectivity index (χ0) is 36.0. The molecule has 0 bridgehead atoms. The average Bonchev–Trinajstić information content (AvgIpc) is 3.65. The Morgan fingerprint density at radius 2 is 0.564 bits per heavy atom. The summed E-state index contributed by atoms with van der Waals surface area (Å²) in [5, 5.41) is 17.0. The van der Waals surface area contributed by atoms with E-state index in [-0.39, 0.29) is 0 Å². The van der Waals surface area contributed by atoms with Crippen LogP contribution in [0.15, 0.2) is 199 Å². The lowest BCUT2D eigenvalue weighted by Crippen LogP contribution is -1.91. The number of hydrogen-bond acceptors (Lipinski definition) is 1. The highest BCUT2D eigenvalue weighted by molar-refractivity contribution is 6.23. The molecule has 12 aromatic rings. The minimum atomic E-state index is 0.951. The Morgan fingerprint density at radius 1 is 0.218 bits per heavy atom. The summed E-state index contributed by atoms with van der Waals surface area (Å²) in [5.41, 5.74) is 9.35. The number of furan rings is 1. The van der Waals surface area contributed by atoms with Crippen LogP contribution >= 0.6 is 0 Å². The van der Waals surface area contributed by atoms with Crippen molar-refractivity contribution in [1.29, 1.82) is 0 Å². The molecule has 12 rings (SSSR count). The topological polar surface area (TPSA) is 13.1 Å². The molecule has 0 aliphatic heterocycles. The summed E-state index contributed by atoms with van der Waals surface area (Å²) in [7, 11) is 0. The van der Waals surface area contributed by atoms with Gasteiger partial charge in [-0.1, -0.05) is 152 Å². The van der Waals surface area contributed by atoms with Crippen LogP contribution in [0, 0.1) is 0 Å². The molecular weight excluding hydrogens is 665 g/mol. The van der Waals surface area contributed by atoms with Gasteiger partial charge in [0, 0.05) is 21.5 Å². The van der Waals surface area contributed by atoms with Crippen LogP contribution < -0.4 is 0 Å². The van der Waals surface area contributed by atoms with E-state index in [0.717, 1.165) is 32.7 Å². The summed E-state index contributed by atoms with van der Waals surface area (Å²) in [6, 6.07) is 71.2. The molecule has 11 aromatic carbocycles. The van der Waals surface area contributed by atoms with Crippen molar-refractivity contribution >= 4 is 86.6 Å². The zero-order valence-corrected chi connectivity index (χ0v) is 29.9. The fraction of sp³-hybridized carbons (Fsp3) is 0. The second-order valence-corrected chi connectivity index (χ2v) is 14.8. The Hall–Kier alpha value is -7.22. The molecule has 0 aliphatic carbocycles. The van der Waals surface area contributed by atoms with Crippen LogP contribution in [-0.2, 0) is 0 Å². The van der Waals surface area contributed by atoms with Gasteiger partial charge in [-0.25, -0.2) is 0 Å². The lowest BCUT2D eigenvalue weighted by Gasteiger charge is -2.18. The van der Waals surface area contributed by atoms with Crippen molar-refractivity contribution in [2.75, 3.05) is 0 Å². The molecule has 1 heteroatoms. The molecular formula is C54H32O. The summed E-state index contributed by atoms with van der Waals surface area (Å²) in [5.74, 6) is 0. The van der Waals surface area contributed by atoms with E-state index in [1.165, 1.54) is 87.2 Å². The van der Waals surface area contributed by atoms with Gasteiger partial charge in [0.1, 0.15) is 11.2 Å². The molecule has 0 amide bonds. The van der Waals surface area contributed by atoms with Crippen molar-refractivity contribution in [3.8, 4) is 33.4 Å². The normalized spacial score (nSPS) is 12.0. The van der Waals surface area contributed by atoms with Gasteiger partial charge >= 0.3 is 0 Å². The van der Waals surface area contributed by atoms with E-state index in [1.54, 1.807) is 0 Å². The summed E-state index contributed by atoms with van der Waals surface area (Å²) in [4.78, 5) is 0. The Labute approximate surface area is 317 Å². The van der Waals surface area contributed by atoms with Gasteiger partial charge in [0.15, 0.2) is 0 Å². The highest BCUT2D eigenvalue weighted by Gasteiger charge is 2.18. The third kappa shape index (κ3) is 4.60. The van der Waals surface area contributed by atoms with Crippen LogP contribution in [0.5, 0.6) is 0 Å². The monoisotopic (exact) mass is 696 g/mol. The molecule has 0 saturated heterocycles. The molecule has 0 aliphatic rings. The fourth-order valence-corrected chi connectivity index (χ4v) is 9.15. The first-order chi connectivity index (χ1) is 27.2. The average molecular weight is 697 g/mol. The van der Waals surface area contributed by atoms with Gasteiger partial charge in [0.25, 0.3) is 0 Å². The van der Waals surface area contributed by atoms with Crippen molar-refractivity contribution in [3.63, 3.8) is 0 Å². The fourth-order valence-electron chi connectivity index (χ4n) is 9.15. The lowest BCUT2D eigenvalue weighted by atomic mass is 9.85. The Bertz CT molecular complexity index is 3490. The van der Waals surface area contributed by atoms with Crippen molar-refractivity contribution in [1.82, 2.24) is 0 Å². The summed E-state index contributed by atoms with van der Waals surface area (Å²) < 4.78 is 6.63. The molecule has 0 radical (unpaired) electrons. The van der Waals surface area contributed by atoms with Gasteiger partial charge in [0.2, 0.25) is 0 Å². The third-order valence-corrected chi connectivity index (χ3v) is 11.8. The molecule has 0 N–H and O–H groups in total. The van der Waals surface area contributed by atoms with Crippen LogP contribution in [0.2, 0.25) is 0 Å². The number of fused-ring (bicyclic) bond motifs is 11. The van der Waals surface area contributed by atoms with Crippen molar-refractivity contribution in [3.05, 3.63) is 194 Å². The molecule has 1 aromatic heterocycles. The van der Waals surface area contributed by atoms with Gasteiger partial charge in [-0.2, -0.15) is 0 Å². The Morgan fingerprint density at radius 3 is 1.16 bits per heavy atom. The van der Waals surface area contributed by atoms with Gasteiger partial charge in [-0.3, -0.25) is 0 Å². The summed E-state index contributed by atoms with van der Waals surface area (Å²) in [6.45, 7) is 0. The minimum absolute atomic E-state index is 0.951. The molecule has 0 saturated carbocycles. The van der Waals surface area contributed by atoms with E-state index in [0.29, 0.717) is 0 Å². The van der Waals surface area contributed by atoms with Gasteiger partial charge in [0.05, 0.1) is 0 Å². The Balaban J connectivity index is 0.970. The van der Waals surface area contributed by atoms with Crippen LogP contribution in [-0.4, -0.2) is 0 Å². The second-order valence-electron chi connectivity index (χ2n) is 14.8. The number of benzene rings is 11. The first-order valence-electron chi connectivity index (χ1n) is 19.0. The highest BCUT2D eigenvalue weighted by Crippen LogP contribution is 2.45. The predicted octanol–water partition coefficient (Wildman–Crippen LogP) is 15.5. The standard InChI is InChI=1S/C54H32O/c1-2-11-35-31-41(21-17-33(35)9-1)51-45-13-5-7-15-47(45)52(48-16-8-6-14-46(48)51)42-22-20-37-29-36(18-19-38(37)32-42)39-24-26-44-40(30-39)25-28-50-49-27-23-34-10-3-4-12-43(34)53(49)55-54(44)50/h1-32H. The zero-order valence-electron chi connectivity index (χ0n) is 29.9. The van der Waals surface area contributed by atoms with Crippen molar-refractivity contribution < 1.29 is 4.42 Å². The van der Waals surface area contributed by atoms with Gasteiger partial charge in [-0.15, -0.1) is 0 Å². The number of rotatable bonds is 3. The molecule has 254 valence electrons. The second kappa shape index (κ2) is 11.6. The van der Waals surface area contributed by atoms with Crippen LogP contribution in [0.4, 0.5) is 0 Å². The molecule has 0 fully saturated rings. The highest BCUT2D eigenvalue weighted by atomic mass is 16.3. The lowest BCUT2D eigenvalue weighted by molar-refractivity contribution is 0.676. The van der Waals surface area contributed by atoms with Gasteiger partial charge in [-0.05, 0) is 130 Å². The molecule has 1 heterocycles. The van der Waals surface area contributed by atoms with Crippen LogP contribution in [0.3, 0.4) is 0 Å². The summed E-state index contributed by atoms with van der Waals surface area (Å²) in [6.07, 6.45) is 0. The van der Waals surface area contributed by atoms with Crippen LogP contribution in [0.1, 0.15) is 0 Å². The maximum absolute atomic E-state index is 6.63. The van der Waals surface area contributed by atoms with Gasteiger partial charge < -0.3 is 4.42 Å². The first-order valence-corrected chi connectivity index (χ1v) is 19.0. The van der Waals surface area contributed by atoms with E-state index in [4.69, 9.17) is 4.42 Å². The van der Waals surface area contributed by atoms with E-state index < -0.39 is 0 Å². The van der Waals surface area contributed by atoms with E-state index in [2.05, 4.69) is 194 Å². The van der Waals surface area contributed by atoms with Crippen molar-refractivity contribution in [2.24, 2.45) is 0 Å². The maximum Gasteiger partial charge on any atom is 0.143 e. The smallest absolute Gasteiger partial charge is 0.143 e. The molecule has 0 unspecified atom stereocenters. The molecule has 0 atom stereocenters. The summed E-state index contributed by atoms with van der Waals surface area (Å²) >= 11 is 0. The minimum Gasteiger partial charge on any atom is -0.455 e. The molecule has 55 heavy (non-hydrogen) atoms. The van der Waals surface area contributed by atoms with Crippen molar-refractivity contribution in [2.45, 2.75) is 0 Å². The first kappa shape index (κ1) is 30.3. The van der Waals surface area contributed by atoms with E-state index >= 15 is 0 Å². The third-order valence-electron chi connectivity index (χ3n) is 11.8. The largest absolute Gasteiger partial charge is 0.455 e. The predicted molar refractivity (Wildman–Crippen MR) is 235 cm³/mol. The quantitative estimate of drug-likeness (QED) is 0.168. The maximum atomic E-state index is 6.63. The molecule has 0 spiro atoms. The van der Waals surface area contributed by atoms with E-state index in [9.17, 15) is 0 Å². The Kier molecular flexibility index (Phi) is 6.40.